The maximum absolute atomic E-state index is 12.5. The van der Waals surface area contributed by atoms with E-state index in [1.807, 2.05) is 27.7 Å². The van der Waals surface area contributed by atoms with Gasteiger partial charge in [-0.3, -0.25) is 13.8 Å². The van der Waals surface area contributed by atoms with Crippen molar-refractivity contribution < 1.29 is 18.4 Å². The first-order valence-corrected chi connectivity index (χ1v) is 9.23. The summed E-state index contributed by atoms with van der Waals surface area (Å²) in [5, 5.41) is 2.95. The molecule has 0 aliphatic heterocycles. The Morgan fingerprint density at radius 3 is 2.05 bits per heavy atom. The second kappa shape index (κ2) is 9.45. The standard InChI is InChI=1S/C12H25INO4P/c1-5-9-17-19(16,18-10-6-2)14-12(3,4)8-7-11(13)15/h5-10H2,1-4H3,(H,14,16). The van der Waals surface area contributed by atoms with Gasteiger partial charge in [-0.25, -0.2) is 9.65 Å². The zero-order valence-corrected chi connectivity index (χ0v) is 15.3. The van der Waals surface area contributed by atoms with Gasteiger partial charge in [-0.2, -0.15) is 0 Å². The fraction of sp³-hybridized carbons (Fsp3) is 0.917. The third kappa shape index (κ3) is 9.96. The first-order chi connectivity index (χ1) is 8.74. The van der Waals surface area contributed by atoms with E-state index in [9.17, 15) is 9.36 Å². The normalized spacial score (nSPS) is 12.7. The Morgan fingerprint density at radius 1 is 1.21 bits per heavy atom. The Morgan fingerprint density at radius 2 is 1.68 bits per heavy atom. The number of rotatable bonds is 11. The highest BCUT2D eigenvalue weighted by Gasteiger charge is 2.32. The number of nitrogens with one attached hydrogen (secondary N) is 1. The van der Waals surface area contributed by atoms with Crippen LogP contribution in [0.5, 0.6) is 0 Å². The molecule has 0 unspecified atom stereocenters. The maximum atomic E-state index is 12.5. The van der Waals surface area contributed by atoms with Gasteiger partial charge < -0.3 is 0 Å². The highest BCUT2D eigenvalue weighted by Crippen LogP contribution is 2.46. The minimum Gasteiger partial charge on any atom is -0.297 e. The van der Waals surface area contributed by atoms with Crippen LogP contribution in [0.3, 0.4) is 0 Å². The fourth-order valence-electron chi connectivity index (χ4n) is 1.36. The predicted octanol–water partition coefficient (Wildman–Crippen LogP) is 4.06. The molecule has 0 aromatic rings. The zero-order chi connectivity index (χ0) is 14.9. The van der Waals surface area contributed by atoms with Crippen LogP contribution >= 0.6 is 30.3 Å². The summed E-state index contributed by atoms with van der Waals surface area (Å²) >= 11 is 1.77. The van der Waals surface area contributed by atoms with Gasteiger partial charge >= 0.3 is 7.75 Å². The molecule has 0 aromatic carbocycles. The monoisotopic (exact) mass is 405 g/mol. The number of carbonyl (C=O) groups is 1. The molecule has 0 fully saturated rings. The second-order valence-corrected chi connectivity index (χ2v) is 7.95. The zero-order valence-electron chi connectivity index (χ0n) is 12.2. The largest absolute Gasteiger partial charge is 0.405 e. The van der Waals surface area contributed by atoms with Gasteiger partial charge in [-0.15, -0.1) is 0 Å². The van der Waals surface area contributed by atoms with Crippen LogP contribution in [0.4, 0.5) is 0 Å². The molecule has 114 valence electrons. The van der Waals surface area contributed by atoms with Crippen molar-refractivity contribution in [2.24, 2.45) is 0 Å². The van der Waals surface area contributed by atoms with Gasteiger partial charge in [0.05, 0.1) is 13.2 Å². The summed E-state index contributed by atoms with van der Waals surface area (Å²) in [6.07, 6.45) is 2.56. The van der Waals surface area contributed by atoms with Crippen LogP contribution in [0.2, 0.25) is 0 Å². The molecule has 0 rings (SSSR count). The third-order valence-electron chi connectivity index (χ3n) is 2.32. The first-order valence-electron chi connectivity index (χ1n) is 6.61. The Balaban J connectivity index is 4.59. The van der Waals surface area contributed by atoms with Crippen LogP contribution in [0.25, 0.3) is 0 Å². The molecular weight excluding hydrogens is 380 g/mol. The minimum absolute atomic E-state index is 0.0891. The lowest BCUT2D eigenvalue weighted by Gasteiger charge is -2.30. The minimum atomic E-state index is -3.30. The van der Waals surface area contributed by atoms with Crippen LogP contribution in [-0.4, -0.2) is 22.5 Å². The molecule has 0 aromatic heterocycles. The molecule has 0 bridgehead atoms. The third-order valence-corrected chi connectivity index (χ3v) is 4.78. The Hall–Kier alpha value is 0.510. The quantitative estimate of drug-likeness (QED) is 0.319. The van der Waals surface area contributed by atoms with Crippen LogP contribution in [0, 0.1) is 0 Å². The molecule has 0 saturated carbocycles. The topological polar surface area (TPSA) is 64.6 Å². The molecule has 0 aliphatic rings. The van der Waals surface area contributed by atoms with E-state index in [2.05, 4.69) is 5.09 Å². The highest BCUT2D eigenvalue weighted by molar-refractivity contribution is 14.1. The van der Waals surface area contributed by atoms with Crippen LogP contribution in [0.15, 0.2) is 0 Å². The van der Waals surface area contributed by atoms with Gasteiger partial charge in [0, 0.05) is 12.0 Å². The average Bonchev–Trinajstić information content (AvgIpc) is 2.31. The number of hydrogen-bond donors (Lipinski definition) is 1. The first kappa shape index (κ1) is 19.5. The van der Waals surface area contributed by atoms with Gasteiger partial charge in [-0.1, -0.05) is 13.8 Å². The molecule has 0 radical (unpaired) electrons. The molecule has 5 nitrogen and oxygen atoms in total. The van der Waals surface area contributed by atoms with Gasteiger partial charge in [-0.05, 0) is 55.7 Å². The lowest BCUT2D eigenvalue weighted by Crippen LogP contribution is -2.38. The fourth-order valence-corrected chi connectivity index (χ4v) is 3.53. The summed E-state index contributed by atoms with van der Waals surface area (Å²) in [5.74, 6) is 0. The molecule has 7 heteroatoms. The average molecular weight is 405 g/mol. The van der Waals surface area contributed by atoms with E-state index in [1.54, 1.807) is 22.6 Å². The predicted molar refractivity (Wildman–Crippen MR) is 85.6 cm³/mol. The van der Waals surface area contributed by atoms with Crippen molar-refractivity contribution in [2.75, 3.05) is 13.2 Å². The summed E-state index contributed by atoms with van der Waals surface area (Å²) in [6.45, 7) is 8.45. The summed E-state index contributed by atoms with van der Waals surface area (Å²) in [6, 6.07) is 0. The molecule has 19 heavy (non-hydrogen) atoms. The Kier molecular flexibility index (Phi) is 9.70. The molecular formula is C12H25INO4P. The Labute approximate surface area is 129 Å². The van der Waals surface area contributed by atoms with E-state index in [0.717, 1.165) is 12.8 Å². The summed E-state index contributed by atoms with van der Waals surface area (Å²) in [7, 11) is -3.30. The van der Waals surface area contributed by atoms with Gasteiger partial charge in [0.15, 0.2) is 3.79 Å². The van der Waals surface area contributed by atoms with E-state index >= 15 is 0 Å². The molecule has 0 atom stereocenters. The highest BCUT2D eigenvalue weighted by atomic mass is 127. The number of halogens is 1. The Bertz CT molecular complexity index is 311. The molecule has 0 aliphatic carbocycles. The van der Waals surface area contributed by atoms with E-state index < -0.39 is 13.3 Å². The van der Waals surface area contributed by atoms with Gasteiger partial charge in [0.1, 0.15) is 0 Å². The van der Waals surface area contributed by atoms with E-state index in [0.29, 0.717) is 26.1 Å². The van der Waals surface area contributed by atoms with Crippen molar-refractivity contribution >= 4 is 34.1 Å². The summed E-state index contributed by atoms with van der Waals surface area (Å²) < 4.78 is 23.4. The molecule has 1 N–H and O–H groups in total. The van der Waals surface area contributed by atoms with Crippen molar-refractivity contribution in [1.82, 2.24) is 5.09 Å². The lowest BCUT2D eigenvalue weighted by atomic mass is 10.0. The van der Waals surface area contributed by atoms with Crippen LogP contribution in [-0.2, 0) is 18.4 Å². The molecule has 0 amide bonds. The van der Waals surface area contributed by atoms with Crippen molar-refractivity contribution in [3.05, 3.63) is 0 Å². The van der Waals surface area contributed by atoms with Crippen molar-refractivity contribution in [2.45, 2.75) is 58.9 Å². The molecule has 0 heterocycles. The maximum Gasteiger partial charge on any atom is 0.405 e. The summed E-state index contributed by atoms with van der Waals surface area (Å²) in [4.78, 5) is 11.0. The summed E-state index contributed by atoms with van der Waals surface area (Å²) in [5.41, 5.74) is -0.474. The van der Waals surface area contributed by atoms with E-state index in [-0.39, 0.29) is 3.79 Å². The smallest absolute Gasteiger partial charge is 0.297 e. The van der Waals surface area contributed by atoms with Crippen molar-refractivity contribution in [3.8, 4) is 0 Å². The SMILES string of the molecule is CCCOP(=O)(NC(C)(C)CCC(=O)I)OCCC. The van der Waals surface area contributed by atoms with Gasteiger partial charge in [0.2, 0.25) is 0 Å². The number of hydrogen-bond acceptors (Lipinski definition) is 4. The molecule has 0 spiro atoms. The second-order valence-electron chi connectivity index (χ2n) is 5.01. The van der Waals surface area contributed by atoms with E-state index in [4.69, 9.17) is 9.05 Å². The number of carbonyl (C=O) groups excluding carboxylic acids is 1. The van der Waals surface area contributed by atoms with Crippen LogP contribution in [0.1, 0.15) is 53.4 Å². The lowest BCUT2D eigenvalue weighted by molar-refractivity contribution is -0.109. The van der Waals surface area contributed by atoms with Crippen LogP contribution < -0.4 is 5.09 Å². The van der Waals surface area contributed by atoms with Gasteiger partial charge in [0.25, 0.3) is 0 Å². The van der Waals surface area contributed by atoms with E-state index in [1.165, 1.54) is 0 Å². The van der Waals surface area contributed by atoms with Crippen molar-refractivity contribution in [1.29, 1.82) is 0 Å². The van der Waals surface area contributed by atoms with Crippen molar-refractivity contribution in [3.63, 3.8) is 0 Å². The molecule has 0 saturated heterocycles.